The lowest BCUT2D eigenvalue weighted by Crippen LogP contribution is -2.41. The van der Waals surface area contributed by atoms with Gasteiger partial charge in [0.2, 0.25) is 15.9 Å². The van der Waals surface area contributed by atoms with E-state index in [1.165, 1.54) is 13.2 Å². The minimum atomic E-state index is -3.78. The van der Waals surface area contributed by atoms with Crippen molar-refractivity contribution in [2.75, 3.05) is 33.9 Å². The van der Waals surface area contributed by atoms with Crippen molar-refractivity contribution in [2.24, 2.45) is 0 Å². The lowest BCUT2D eigenvalue weighted by molar-refractivity contribution is -0.121. The highest BCUT2D eigenvalue weighted by atomic mass is 32.2. The maximum Gasteiger partial charge on any atom is 0.243 e. The molecule has 0 atom stereocenters. The molecule has 1 amide bonds. The minimum absolute atomic E-state index is 0.142. The lowest BCUT2D eigenvalue weighted by Gasteiger charge is -2.20. The van der Waals surface area contributed by atoms with Gasteiger partial charge in [-0.05, 0) is 54.8 Å². The van der Waals surface area contributed by atoms with Crippen LogP contribution >= 0.6 is 0 Å². The minimum Gasteiger partial charge on any atom is -0.497 e. The first-order chi connectivity index (χ1) is 13.8. The zero-order valence-electron chi connectivity index (χ0n) is 17.3. The van der Waals surface area contributed by atoms with Gasteiger partial charge in [0.15, 0.2) is 0 Å². The zero-order valence-corrected chi connectivity index (χ0v) is 18.1. The molecule has 2 rings (SSSR count). The molecule has 0 aromatic heterocycles. The van der Waals surface area contributed by atoms with Crippen molar-refractivity contribution in [1.82, 2.24) is 9.62 Å². The summed E-state index contributed by atoms with van der Waals surface area (Å²) in [5.41, 5.74) is 1.77. The fourth-order valence-corrected chi connectivity index (χ4v) is 4.37. The second-order valence-electron chi connectivity index (χ2n) is 6.51. The van der Waals surface area contributed by atoms with Crippen LogP contribution in [0.3, 0.4) is 0 Å². The van der Waals surface area contributed by atoms with Crippen LogP contribution in [0.15, 0.2) is 47.4 Å². The zero-order chi connectivity index (χ0) is 21.4. The van der Waals surface area contributed by atoms with Gasteiger partial charge in [0.25, 0.3) is 0 Å². The number of nitrogens with one attached hydrogen (secondary N) is 1. The van der Waals surface area contributed by atoms with Gasteiger partial charge in [0, 0.05) is 13.1 Å². The summed E-state index contributed by atoms with van der Waals surface area (Å²) in [6.45, 7) is 3.87. The van der Waals surface area contributed by atoms with Crippen LogP contribution in [0.5, 0.6) is 11.5 Å². The average Bonchev–Trinajstić information content (AvgIpc) is 2.72. The molecular formula is C21H28N2O5S. The Balaban J connectivity index is 1.96. The van der Waals surface area contributed by atoms with E-state index in [-0.39, 0.29) is 23.9 Å². The van der Waals surface area contributed by atoms with E-state index < -0.39 is 10.0 Å². The molecule has 0 fully saturated rings. The normalized spacial score (nSPS) is 11.3. The molecule has 7 nitrogen and oxygen atoms in total. The predicted octanol–water partition coefficient (Wildman–Crippen LogP) is 2.38. The Morgan fingerprint density at radius 1 is 1.07 bits per heavy atom. The van der Waals surface area contributed by atoms with Crippen molar-refractivity contribution in [3.05, 3.63) is 53.6 Å². The van der Waals surface area contributed by atoms with Crippen LogP contribution in [-0.4, -0.2) is 52.5 Å². The van der Waals surface area contributed by atoms with E-state index >= 15 is 0 Å². The van der Waals surface area contributed by atoms with Crippen LogP contribution in [-0.2, 0) is 21.2 Å². The Kier molecular flexibility index (Phi) is 8.04. The van der Waals surface area contributed by atoms with Crippen molar-refractivity contribution >= 4 is 15.9 Å². The number of amides is 1. The third-order valence-electron chi connectivity index (χ3n) is 4.57. The van der Waals surface area contributed by atoms with Crippen LogP contribution < -0.4 is 14.8 Å². The number of hydrogen-bond donors (Lipinski definition) is 1. The molecule has 0 unspecified atom stereocenters. The first-order valence-electron chi connectivity index (χ1n) is 9.36. The number of sulfonamides is 1. The maximum atomic E-state index is 12.9. The average molecular weight is 421 g/mol. The molecule has 0 bridgehead atoms. The Bertz CT molecular complexity index is 927. The molecule has 2 aromatic carbocycles. The highest BCUT2D eigenvalue weighted by Crippen LogP contribution is 2.23. The predicted molar refractivity (Wildman–Crippen MR) is 112 cm³/mol. The molecule has 0 spiro atoms. The largest absolute Gasteiger partial charge is 0.497 e. The van der Waals surface area contributed by atoms with E-state index in [1.54, 1.807) is 33.1 Å². The molecular weight excluding hydrogens is 392 g/mol. The molecule has 1 N–H and O–H groups in total. The van der Waals surface area contributed by atoms with Gasteiger partial charge >= 0.3 is 0 Å². The number of benzene rings is 2. The molecule has 0 radical (unpaired) electrons. The summed E-state index contributed by atoms with van der Waals surface area (Å²) in [6.07, 6.45) is 0.645. The van der Waals surface area contributed by atoms with Crippen LogP contribution in [0, 0.1) is 6.92 Å². The molecule has 0 saturated heterocycles. The van der Waals surface area contributed by atoms with Gasteiger partial charge in [-0.25, -0.2) is 8.42 Å². The molecule has 0 heterocycles. The van der Waals surface area contributed by atoms with Crippen molar-refractivity contribution in [1.29, 1.82) is 0 Å². The van der Waals surface area contributed by atoms with E-state index in [0.29, 0.717) is 24.3 Å². The van der Waals surface area contributed by atoms with E-state index in [4.69, 9.17) is 9.47 Å². The number of ether oxygens (including phenoxy) is 2. The topological polar surface area (TPSA) is 84.9 Å². The standard InChI is InChI=1S/C21H28N2O5S/c1-5-23(29(25,26)19-10-11-20(28-4)16(2)14-19)15-21(24)22-13-12-17-6-8-18(27-3)9-7-17/h6-11,14H,5,12-13,15H2,1-4H3,(H,22,24). The van der Waals surface area contributed by atoms with Gasteiger partial charge in [-0.15, -0.1) is 0 Å². The Morgan fingerprint density at radius 3 is 2.31 bits per heavy atom. The third-order valence-corrected chi connectivity index (χ3v) is 6.49. The number of aryl methyl sites for hydroxylation is 1. The molecule has 0 aliphatic heterocycles. The second kappa shape index (κ2) is 10.3. The Labute approximate surface area is 172 Å². The number of carbonyl (C=O) groups is 1. The number of likely N-dealkylation sites (N-methyl/N-ethyl adjacent to an activating group) is 1. The molecule has 0 aliphatic carbocycles. The van der Waals surface area contributed by atoms with Gasteiger partial charge < -0.3 is 14.8 Å². The monoisotopic (exact) mass is 420 g/mol. The number of methoxy groups -OCH3 is 2. The van der Waals surface area contributed by atoms with Crippen molar-refractivity contribution < 1.29 is 22.7 Å². The Morgan fingerprint density at radius 2 is 1.76 bits per heavy atom. The smallest absolute Gasteiger partial charge is 0.243 e. The molecule has 0 saturated carbocycles. The third kappa shape index (κ3) is 5.95. The summed E-state index contributed by atoms with van der Waals surface area (Å²) in [5, 5.41) is 2.78. The molecule has 2 aromatic rings. The highest BCUT2D eigenvalue weighted by molar-refractivity contribution is 7.89. The van der Waals surface area contributed by atoms with Crippen LogP contribution in [0.4, 0.5) is 0 Å². The van der Waals surface area contributed by atoms with Crippen LogP contribution in [0.25, 0.3) is 0 Å². The fourth-order valence-electron chi connectivity index (χ4n) is 2.88. The summed E-state index contributed by atoms with van der Waals surface area (Å²) in [6, 6.07) is 12.2. The molecule has 158 valence electrons. The summed E-state index contributed by atoms with van der Waals surface area (Å²) in [5.74, 6) is 1.05. The first kappa shape index (κ1) is 22.7. The highest BCUT2D eigenvalue weighted by Gasteiger charge is 2.25. The van der Waals surface area contributed by atoms with E-state index in [1.807, 2.05) is 24.3 Å². The fraction of sp³-hybridized carbons (Fsp3) is 0.381. The first-order valence-corrected chi connectivity index (χ1v) is 10.8. The van der Waals surface area contributed by atoms with Gasteiger partial charge in [-0.2, -0.15) is 4.31 Å². The van der Waals surface area contributed by atoms with Crippen LogP contribution in [0.2, 0.25) is 0 Å². The maximum absolute atomic E-state index is 12.9. The number of rotatable bonds is 10. The number of hydrogen-bond acceptors (Lipinski definition) is 5. The van der Waals surface area contributed by atoms with Gasteiger partial charge in [-0.1, -0.05) is 19.1 Å². The summed E-state index contributed by atoms with van der Waals surface area (Å²) in [7, 11) is -0.636. The van der Waals surface area contributed by atoms with E-state index in [2.05, 4.69) is 5.32 Å². The molecule has 8 heteroatoms. The molecule has 29 heavy (non-hydrogen) atoms. The quantitative estimate of drug-likeness (QED) is 0.638. The number of nitrogens with zero attached hydrogens (tertiary/aromatic N) is 1. The molecule has 0 aliphatic rings. The van der Waals surface area contributed by atoms with Crippen molar-refractivity contribution in [2.45, 2.75) is 25.2 Å². The lowest BCUT2D eigenvalue weighted by atomic mass is 10.1. The van der Waals surface area contributed by atoms with Gasteiger partial charge in [-0.3, -0.25) is 4.79 Å². The van der Waals surface area contributed by atoms with Gasteiger partial charge in [0.05, 0.1) is 25.7 Å². The van der Waals surface area contributed by atoms with E-state index in [0.717, 1.165) is 15.6 Å². The summed E-state index contributed by atoms with van der Waals surface area (Å²) < 4.78 is 37.3. The van der Waals surface area contributed by atoms with Gasteiger partial charge in [0.1, 0.15) is 11.5 Å². The summed E-state index contributed by atoms with van der Waals surface area (Å²) in [4.78, 5) is 12.4. The number of carbonyl (C=O) groups excluding carboxylic acids is 1. The second-order valence-corrected chi connectivity index (χ2v) is 8.45. The van der Waals surface area contributed by atoms with E-state index in [9.17, 15) is 13.2 Å². The summed E-state index contributed by atoms with van der Waals surface area (Å²) >= 11 is 0. The SMILES string of the molecule is CCN(CC(=O)NCCc1ccc(OC)cc1)S(=O)(=O)c1ccc(OC)c(C)c1. The van der Waals surface area contributed by atoms with Crippen LogP contribution in [0.1, 0.15) is 18.1 Å². The Hall–Kier alpha value is -2.58. The van der Waals surface area contributed by atoms with Crippen molar-refractivity contribution in [3.8, 4) is 11.5 Å². The van der Waals surface area contributed by atoms with Crippen molar-refractivity contribution in [3.63, 3.8) is 0 Å².